The average molecular weight is 559 g/mol. The molecule has 0 aliphatic carbocycles. The second kappa shape index (κ2) is 12.4. The fraction of sp³-hybridized carbons (Fsp3) is 0.375. The van der Waals surface area contributed by atoms with E-state index in [0.29, 0.717) is 0 Å². The van der Waals surface area contributed by atoms with Crippen LogP contribution in [0.15, 0.2) is 72.8 Å². The molecule has 0 radical (unpaired) electrons. The fourth-order valence-corrected chi connectivity index (χ4v) is 4.88. The number of benzene rings is 3. The first kappa shape index (κ1) is 29.6. The average Bonchev–Trinajstić information content (AvgIpc) is 3.39. The summed E-state index contributed by atoms with van der Waals surface area (Å²) in [7, 11) is 3.11. The summed E-state index contributed by atoms with van der Waals surface area (Å²) in [6.07, 6.45) is 0.0274. The Bertz CT molecular complexity index is 1420. The zero-order valence-corrected chi connectivity index (χ0v) is 24.3. The molecule has 0 spiro atoms. The van der Waals surface area contributed by atoms with E-state index in [2.05, 4.69) is 5.43 Å². The third-order valence-electron chi connectivity index (χ3n) is 7.14. The molecular weight excluding hydrogens is 520 g/mol. The van der Waals surface area contributed by atoms with Crippen LogP contribution in [0.2, 0.25) is 0 Å². The van der Waals surface area contributed by atoms with Crippen LogP contribution in [0.25, 0.3) is 10.8 Å². The highest BCUT2D eigenvalue weighted by molar-refractivity contribution is 5.93. The van der Waals surface area contributed by atoms with E-state index in [1.165, 1.54) is 14.8 Å². The number of nitrogens with zero attached hydrogens (tertiary/aromatic N) is 3. The van der Waals surface area contributed by atoms with Crippen LogP contribution in [-0.4, -0.2) is 76.9 Å². The molecule has 1 N–H and O–H groups in total. The number of carbonyl (C=O) groups excluding carboxylic acids is 4. The molecule has 41 heavy (non-hydrogen) atoms. The summed E-state index contributed by atoms with van der Waals surface area (Å²) in [5, 5.41) is 3.36. The molecule has 9 heteroatoms. The van der Waals surface area contributed by atoms with Gasteiger partial charge in [0.2, 0.25) is 11.8 Å². The summed E-state index contributed by atoms with van der Waals surface area (Å²) in [6.45, 7) is 5.53. The van der Waals surface area contributed by atoms with Gasteiger partial charge in [-0.25, -0.2) is 4.79 Å². The second-order valence-corrected chi connectivity index (χ2v) is 11.4. The van der Waals surface area contributed by atoms with Crippen molar-refractivity contribution < 1.29 is 23.9 Å². The molecule has 1 aliphatic rings. The maximum atomic E-state index is 14.3. The van der Waals surface area contributed by atoms with Crippen LogP contribution in [0.1, 0.15) is 38.3 Å². The van der Waals surface area contributed by atoms with Gasteiger partial charge in [0.25, 0.3) is 5.91 Å². The Kier molecular flexibility index (Phi) is 8.95. The molecule has 3 aromatic carbocycles. The largest absolute Gasteiger partial charge is 0.444 e. The molecule has 1 aliphatic heterocycles. The molecule has 0 unspecified atom stereocenters. The van der Waals surface area contributed by atoms with Crippen molar-refractivity contribution in [2.75, 3.05) is 20.6 Å². The summed E-state index contributed by atoms with van der Waals surface area (Å²) in [5.74, 6) is -1.05. The van der Waals surface area contributed by atoms with Crippen molar-refractivity contribution in [1.29, 1.82) is 0 Å². The summed E-state index contributed by atoms with van der Waals surface area (Å²) in [5.41, 5.74) is 3.56. The van der Waals surface area contributed by atoms with E-state index in [9.17, 15) is 19.2 Å². The molecule has 0 bridgehead atoms. The molecule has 4 rings (SSSR count). The van der Waals surface area contributed by atoms with E-state index in [1.54, 1.807) is 34.9 Å². The highest BCUT2D eigenvalue weighted by Crippen LogP contribution is 2.22. The minimum Gasteiger partial charge on any atom is -0.444 e. The summed E-state index contributed by atoms with van der Waals surface area (Å²) >= 11 is 0. The van der Waals surface area contributed by atoms with Crippen molar-refractivity contribution in [3.63, 3.8) is 0 Å². The second-order valence-electron chi connectivity index (χ2n) is 11.4. The highest BCUT2D eigenvalue weighted by atomic mass is 16.6. The first-order valence-corrected chi connectivity index (χ1v) is 13.8. The molecule has 4 amide bonds. The van der Waals surface area contributed by atoms with Gasteiger partial charge in [-0.15, -0.1) is 0 Å². The number of fused-ring (bicyclic) bond motifs is 1. The van der Waals surface area contributed by atoms with Crippen molar-refractivity contribution in [2.24, 2.45) is 0 Å². The van der Waals surface area contributed by atoms with Gasteiger partial charge in [-0.05, 0) is 42.7 Å². The minimum atomic E-state index is -0.949. The van der Waals surface area contributed by atoms with Gasteiger partial charge in [-0.1, -0.05) is 72.8 Å². The smallest absolute Gasteiger partial charge is 0.410 e. The number of ether oxygens (including phenoxy) is 1. The Morgan fingerprint density at radius 3 is 2.12 bits per heavy atom. The summed E-state index contributed by atoms with van der Waals surface area (Å²) in [4.78, 5) is 55.7. The Hall–Kier alpha value is -4.40. The minimum absolute atomic E-state index is 0.202. The van der Waals surface area contributed by atoms with Gasteiger partial charge >= 0.3 is 6.09 Å². The number of amides is 4. The lowest BCUT2D eigenvalue weighted by molar-refractivity contribution is -0.148. The number of hydrogen-bond acceptors (Lipinski definition) is 5. The molecule has 0 aromatic heterocycles. The quantitative estimate of drug-likeness (QED) is 0.452. The van der Waals surface area contributed by atoms with Gasteiger partial charge in [-0.3, -0.25) is 29.7 Å². The maximum absolute atomic E-state index is 14.3. The van der Waals surface area contributed by atoms with Gasteiger partial charge < -0.3 is 9.64 Å². The normalized spacial score (nSPS) is 14.8. The summed E-state index contributed by atoms with van der Waals surface area (Å²) in [6, 6.07) is 21.4. The molecular formula is C32H38N4O5. The number of rotatable bonds is 8. The predicted octanol–water partition coefficient (Wildman–Crippen LogP) is 3.95. The topological polar surface area (TPSA) is 99.3 Å². The van der Waals surface area contributed by atoms with Crippen molar-refractivity contribution in [1.82, 2.24) is 20.2 Å². The van der Waals surface area contributed by atoms with Crippen molar-refractivity contribution in [2.45, 2.75) is 57.7 Å². The van der Waals surface area contributed by atoms with Crippen LogP contribution in [0.3, 0.4) is 0 Å². The summed E-state index contributed by atoms with van der Waals surface area (Å²) < 4.78 is 5.61. The predicted molar refractivity (Wildman–Crippen MR) is 157 cm³/mol. The van der Waals surface area contributed by atoms with E-state index in [1.807, 2.05) is 72.8 Å². The van der Waals surface area contributed by atoms with Gasteiger partial charge in [0.05, 0.1) is 6.54 Å². The molecule has 9 nitrogen and oxygen atoms in total. The third-order valence-corrected chi connectivity index (χ3v) is 7.14. The first-order valence-electron chi connectivity index (χ1n) is 13.8. The van der Waals surface area contributed by atoms with Crippen molar-refractivity contribution in [3.05, 3.63) is 83.9 Å². The Balaban J connectivity index is 1.67. The number of carbonyl (C=O) groups is 4. The Labute approximate surface area is 241 Å². The molecule has 0 saturated carbocycles. The monoisotopic (exact) mass is 558 g/mol. The maximum Gasteiger partial charge on any atom is 0.410 e. The van der Waals surface area contributed by atoms with Gasteiger partial charge in [0.15, 0.2) is 0 Å². The van der Waals surface area contributed by atoms with Gasteiger partial charge in [0.1, 0.15) is 17.7 Å². The zero-order valence-electron chi connectivity index (χ0n) is 24.3. The number of nitrogens with one attached hydrogen (secondary N) is 1. The lowest BCUT2D eigenvalue weighted by atomic mass is 9.98. The van der Waals surface area contributed by atoms with Crippen molar-refractivity contribution >= 4 is 34.6 Å². The molecule has 3 aromatic rings. The van der Waals surface area contributed by atoms with E-state index in [-0.39, 0.29) is 37.6 Å². The molecule has 216 valence electrons. The first-order chi connectivity index (χ1) is 19.4. The molecule has 1 heterocycles. The highest BCUT2D eigenvalue weighted by Gasteiger charge is 2.39. The number of hydrazine groups is 1. The van der Waals surface area contributed by atoms with Crippen LogP contribution in [0.5, 0.6) is 0 Å². The van der Waals surface area contributed by atoms with E-state index < -0.39 is 29.7 Å². The van der Waals surface area contributed by atoms with Crippen LogP contribution in [0.4, 0.5) is 4.79 Å². The lowest BCUT2D eigenvalue weighted by Crippen LogP contribution is -2.57. The molecule has 1 saturated heterocycles. The van der Waals surface area contributed by atoms with Crippen LogP contribution < -0.4 is 5.43 Å². The molecule has 2 atom stereocenters. The Morgan fingerprint density at radius 2 is 1.49 bits per heavy atom. The number of likely N-dealkylation sites (N-methyl/N-ethyl adjacent to an activating group) is 2. The van der Waals surface area contributed by atoms with E-state index >= 15 is 0 Å². The van der Waals surface area contributed by atoms with Crippen LogP contribution >= 0.6 is 0 Å². The number of hydrogen-bond donors (Lipinski definition) is 1. The SMILES string of the molecule is CN(C(=O)OC(C)(C)C)[C@H](Cc1ccc2ccccc2c1)C(=O)N(C)[C@H](Cc1ccccc1)C(=O)N1CCC(=O)N1. The van der Waals surface area contributed by atoms with Crippen LogP contribution in [-0.2, 0) is 32.0 Å². The van der Waals surface area contributed by atoms with Gasteiger partial charge in [-0.2, -0.15) is 0 Å². The van der Waals surface area contributed by atoms with Crippen molar-refractivity contribution in [3.8, 4) is 0 Å². The fourth-order valence-electron chi connectivity index (χ4n) is 4.88. The third kappa shape index (κ3) is 7.42. The van der Waals surface area contributed by atoms with Gasteiger partial charge in [0, 0.05) is 33.4 Å². The zero-order chi connectivity index (χ0) is 29.7. The van der Waals surface area contributed by atoms with E-state index in [4.69, 9.17) is 4.74 Å². The Morgan fingerprint density at radius 1 is 0.854 bits per heavy atom. The van der Waals surface area contributed by atoms with Crippen LogP contribution in [0, 0.1) is 0 Å². The standard InChI is InChI=1S/C32H38N4O5/c1-32(2,3)41-31(40)35(5)26(21-23-15-16-24-13-9-10-14-25(24)19-23)29(38)34(4)27(20-22-11-7-6-8-12-22)30(39)36-18-17-28(37)33-36/h6-16,19,26-27H,17-18,20-21H2,1-5H3,(H,33,37)/t26-,27-/m1/s1. The lowest BCUT2D eigenvalue weighted by Gasteiger charge is -2.36. The molecule has 1 fully saturated rings. The van der Waals surface area contributed by atoms with E-state index in [0.717, 1.165) is 21.9 Å².